The zero-order valence-electron chi connectivity index (χ0n) is 14.4. The Morgan fingerprint density at radius 3 is 1.76 bits per heavy atom. The van der Waals surface area contributed by atoms with Gasteiger partial charge < -0.3 is 0 Å². The molecule has 0 aliphatic carbocycles. The number of hydrogen-bond acceptors (Lipinski definition) is 0. The Labute approximate surface area is 130 Å². The highest BCUT2D eigenvalue weighted by Crippen LogP contribution is 2.34. The van der Waals surface area contributed by atoms with Crippen molar-refractivity contribution in [2.45, 2.75) is 47.0 Å². The largest absolute Gasteiger partial charge is 0.0984 e. The van der Waals surface area contributed by atoms with Gasteiger partial charge in [-0.1, -0.05) is 72.1 Å². The summed E-state index contributed by atoms with van der Waals surface area (Å²) in [4.78, 5) is 0. The van der Waals surface area contributed by atoms with Gasteiger partial charge in [0.2, 0.25) is 0 Å². The Bertz CT molecular complexity index is 652. The summed E-state index contributed by atoms with van der Waals surface area (Å²) in [6.07, 6.45) is 3.81. The predicted molar refractivity (Wildman–Crippen MR) is 98.9 cm³/mol. The third-order valence-corrected chi connectivity index (χ3v) is 3.69. The molecule has 0 saturated heterocycles. The fourth-order valence-electron chi connectivity index (χ4n) is 2.58. The van der Waals surface area contributed by atoms with Gasteiger partial charge in [-0.3, -0.25) is 0 Å². The first kappa shape index (κ1) is 17.2. The second kappa shape index (κ2) is 6.76. The van der Waals surface area contributed by atoms with Crippen molar-refractivity contribution in [2.75, 3.05) is 0 Å². The smallest absolute Gasteiger partial charge is 0.0126 e. The summed E-state index contributed by atoms with van der Waals surface area (Å²) >= 11 is 0. The Kier molecular flexibility index (Phi) is 5.54. The minimum atomic E-state index is 0.139. The Hall–Kier alpha value is -1.82. The van der Waals surface area contributed by atoms with Crippen LogP contribution in [0.4, 0.5) is 0 Å². The van der Waals surface area contributed by atoms with Crippen LogP contribution in [0.1, 0.15) is 56.9 Å². The predicted octanol–water partition coefficient (Wildman–Crippen LogP) is 6.76. The molecule has 112 valence electrons. The standard InChI is InChI=1S/C19H22.C2H6/c1-7-14-11-16-13(3)9-10-18(19(4,5)6)17(16)12-15(14)8-2;1-2/h7-12H,1-2H2,3-6H3;1-2H3. The van der Waals surface area contributed by atoms with Crippen molar-refractivity contribution in [1.29, 1.82) is 0 Å². The molecule has 0 saturated carbocycles. The number of rotatable bonds is 2. The maximum Gasteiger partial charge on any atom is -0.0126 e. The molecule has 0 spiro atoms. The fourth-order valence-corrected chi connectivity index (χ4v) is 2.58. The molecule has 0 aliphatic rings. The van der Waals surface area contributed by atoms with E-state index >= 15 is 0 Å². The van der Waals surface area contributed by atoms with Gasteiger partial charge >= 0.3 is 0 Å². The molecule has 0 heteroatoms. The van der Waals surface area contributed by atoms with Crippen LogP contribution in [0, 0.1) is 6.92 Å². The Morgan fingerprint density at radius 2 is 1.33 bits per heavy atom. The van der Waals surface area contributed by atoms with Gasteiger partial charge in [0.05, 0.1) is 0 Å². The molecular formula is C21H28. The van der Waals surface area contributed by atoms with Crippen LogP contribution < -0.4 is 0 Å². The molecule has 21 heavy (non-hydrogen) atoms. The van der Waals surface area contributed by atoms with Crippen molar-refractivity contribution in [1.82, 2.24) is 0 Å². The van der Waals surface area contributed by atoms with E-state index in [0.29, 0.717) is 0 Å². The molecule has 2 aromatic carbocycles. The normalized spacial score (nSPS) is 10.8. The molecule has 0 aromatic heterocycles. The summed E-state index contributed by atoms with van der Waals surface area (Å²) in [6.45, 7) is 20.7. The van der Waals surface area contributed by atoms with Gasteiger partial charge in [0.15, 0.2) is 0 Å². The molecule has 0 nitrogen and oxygen atoms in total. The topological polar surface area (TPSA) is 0 Å². The average molecular weight is 280 g/mol. The van der Waals surface area contributed by atoms with Crippen LogP contribution in [0.5, 0.6) is 0 Å². The third-order valence-electron chi connectivity index (χ3n) is 3.69. The summed E-state index contributed by atoms with van der Waals surface area (Å²) < 4.78 is 0. The highest BCUT2D eigenvalue weighted by atomic mass is 14.2. The Balaban J connectivity index is 0.00000106. The van der Waals surface area contributed by atoms with E-state index in [0.717, 1.165) is 11.1 Å². The van der Waals surface area contributed by atoms with Crippen LogP contribution in [-0.2, 0) is 5.41 Å². The molecule has 0 amide bonds. The van der Waals surface area contributed by atoms with E-state index in [1.165, 1.54) is 21.9 Å². The summed E-state index contributed by atoms with van der Waals surface area (Å²) in [5.41, 5.74) is 5.13. The lowest BCUT2D eigenvalue weighted by molar-refractivity contribution is 0.596. The summed E-state index contributed by atoms with van der Waals surface area (Å²) in [6, 6.07) is 8.93. The second-order valence-electron chi connectivity index (χ2n) is 6.11. The van der Waals surface area contributed by atoms with Crippen LogP contribution in [0.25, 0.3) is 22.9 Å². The van der Waals surface area contributed by atoms with Crippen molar-refractivity contribution in [3.8, 4) is 0 Å². The summed E-state index contributed by atoms with van der Waals surface area (Å²) in [5, 5.41) is 2.64. The quantitative estimate of drug-likeness (QED) is 0.570. The van der Waals surface area contributed by atoms with Gasteiger partial charge in [0, 0.05) is 0 Å². The van der Waals surface area contributed by atoms with E-state index in [9.17, 15) is 0 Å². The monoisotopic (exact) mass is 280 g/mol. The maximum absolute atomic E-state index is 3.91. The SMILES string of the molecule is C=Cc1cc2c(C)ccc(C(C)(C)C)c2cc1C=C.CC. The van der Waals surface area contributed by atoms with Crippen molar-refractivity contribution >= 4 is 22.9 Å². The zero-order chi connectivity index (χ0) is 16.2. The van der Waals surface area contributed by atoms with E-state index < -0.39 is 0 Å². The van der Waals surface area contributed by atoms with E-state index in [4.69, 9.17) is 0 Å². The van der Waals surface area contributed by atoms with E-state index in [2.05, 4.69) is 65.1 Å². The van der Waals surface area contributed by atoms with Gasteiger partial charge in [-0.2, -0.15) is 0 Å². The number of hydrogen-bond donors (Lipinski definition) is 0. The van der Waals surface area contributed by atoms with Crippen LogP contribution >= 0.6 is 0 Å². The number of fused-ring (bicyclic) bond motifs is 1. The van der Waals surface area contributed by atoms with E-state index in [-0.39, 0.29) is 5.41 Å². The maximum atomic E-state index is 3.91. The van der Waals surface area contributed by atoms with Crippen LogP contribution in [0.2, 0.25) is 0 Å². The molecule has 2 aromatic rings. The van der Waals surface area contributed by atoms with Crippen molar-refractivity contribution in [2.24, 2.45) is 0 Å². The molecule has 0 heterocycles. The van der Waals surface area contributed by atoms with Crippen molar-refractivity contribution in [3.63, 3.8) is 0 Å². The number of benzene rings is 2. The first-order valence-electron chi connectivity index (χ1n) is 7.71. The average Bonchev–Trinajstić information content (AvgIpc) is 2.47. The molecule has 0 fully saturated rings. The Morgan fingerprint density at radius 1 is 0.857 bits per heavy atom. The first-order chi connectivity index (χ1) is 9.88. The number of aryl methyl sites for hydroxylation is 1. The first-order valence-corrected chi connectivity index (χ1v) is 7.71. The summed E-state index contributed by atoms with van der Waals surface area (Å²) in [7, 11) is 0. The zero-order valence-corrected chi connectivity index (χ0v) is 14.4. The minimum Gasteiger partial charge on any atom is -0.0984 e. The highest BCUT2D eigenvalue weighted by molar-refractivity contribution is 5.93. The minimum absolute atomic E-state index is 0.139. The van der Waals surface area contributed by atoms with Crippen LogP contribution in [0.15, 0.2) is 37.4 Å². The van der Waals surface area contributed by atoms with Gasteiger partial charge in [0.25, 0.3) is 0 Å². The van der Waals surface area contributed by atoms with Crippen molar-refractivity contribution in [3.05, 3.63) is 59.7 Å². The lowest BCUT2D eigenvalue weighted by atomic mass is 9.82. The molecule has 0 unspecified atom stereocenters. The highest BCUT2D eigenvalue weighted by Gasteiger charge is 2.18. The third kappa shape index (κ3) is 3.44. The molecule has 2 rings (SSSR count). The second-order valence-corrected chi connectivity index (χ2v) is 6.11. The lowest BCUT2D eigenvalue weighted by Gasteiger charge is -2.23. The molecule has 0 N–H and O–H groups in total. The van der Waals surface area contributed by atoms with E-state index in [1.807, 2.05) is 26.0 Å². The van der Waals surface area contributed by atoms with Gasteiger partial charge in [-0.15, -0.1) is 0 Å². The molecule has 0 bridgehead atoms. The van der Waals surface area contributed by atoms with E-state index in [1.54, 1.807) is 0 Å². The molecule has 0 radical (unpaired) electrons. The van der Waals surface area contributed by atoms with Gasteiger partial charge in [0.1, 0.15) is 0 Å². The molecule has 0 aliphatic heterocycles. The van der Waals surface area contributed by atoms with Crippen molar-refractivity contribution < 1.29 is 0 Å². The lowest BCUT2D eigenvalue weighted by Crippen LogP contribution is -2.12. The van der Waals surface area contributed by atoms with Crippen LogP contribution in [-0.4, -0.2) is 0 Å². The molecule has 0 atom stereocenters. The van der Waals surface area contributed by atoms with Gasteiger partial charge in [-0.05, 0) is 57.5 Å². The molecular weight excluding hydrogens is 252 g/mol. The van der Waals surface area contributed by atoms with Gasteiger partial charge in [-0.25, -0.2) is 0 Å². The fraction of sp³-hybridized carbons (Fsp3) is 0.333. The van der Waals surface area contributed by atoms with Crippen LogP contribution in [0.3, 0.4) is 0 Å². The summed E-state index contributed by atoms with van der Waals surface area (Å²) in [5.74, 6) is 0.